The molecule has 0 aromatic heterocycles. The Morgan fingerprint density at radius 1 is 1.16 bits per heavy atom. The summed E-state index contributed by atoms with van der Waals surface area (Å²) in [5, 5.41) is 11.0. The molecule has 1 N–H and O–H groups in total. The summed E-state index contributed by atoms with van der Waals surface area (Å²) in [5.74, 6) is -1.56. The van der Waals surface area contributed by atoms with Gasteiger partial charge in [-0.05, 0) is 34.5 Å². The highest BCUT2D eigenvalue weighted by molar-refractivity contribution is 6.00. The van der Waals surface area contributed by atoms with E-state index >= 15 is 0 Å². The molecule has 0 bridgehead atoms. The van der Waals surface area contributed by atoms with Crippen LogP contribution in [0.1, 0.15) is 15.9 Å². The summed E-state index contributed by atoms with van der Waals surface area (Å²) in [7, 11) is 1.27. The van der Waals surface area contributed by atoms with Crippen LogP contribution in [-0.4, -0.2) is 24.2 Å². The maximum absolute atomic E-state index is 11.2. The largest absolute Gasteiger partial charge is 0.478 e. The maximum atomic E-state index is 11.2. The first-order chi connectivity index (χ1) is 9.11. The van der Waals surface area contributed by atoms with E-state index in [1.807, 2.05) is 24.3 Å². The summed E-state index contributed by atoms with van der Waals surface area (Å²) in [4.78, 5) is 22.3. The molecule has 0 saturated heterocycles. The van der Waals surface area contributed by atoms with Crippen molar-refractivity contribution in [3.05, 3.63) is 53.6 Å². The van der Waals surface area contributed by atoms with Crippen LogP contribution in [0.15, 0.2) is 42.5 Å². The van der Waals surface area contributed by atoms with Crippen LogP contribution in [0.5, 0.6) is 0 Å². The second-order valence-electron chi connectivity index (χ2n) is 3.95. The summed E-state index contributed by atoms with van der Waals surface area (Å²) < 4.78 is 4.49. The van der Waals surface area contributed by atoms with Gasteiger partial charge in [-0.1, -0.05) is 24.3 Å². The van der Waals surface area contributed by atoms with Gasteiger partial charge in [-0.3, -0.25) is 0 Å². The Balaban J connectivity index is 2.57. The molecule has 0 saturated carbocycles. The van der Waals surface area contributed by atoms with Crippen LogP contribution in [0.4, 0.5) is 0 Å². The monoisotopic (exact) mass is 256 g/mol. The van der Waals surface area contributed by atoms with Crippen LogP contribution in [-0.2, 0) is 9.53 Å². The van der Waals surface area contributed by atoms with Gasteiger partial charge in [-0.25, -0.2) is 9.59 Å². The quantitative estimate of drug-likeness (QED) is 0.677. The van der Waals surface area contributed by atoms with E-state index in [4.69, 9.17) is 0 Å². The lowest BCUT2D eigenvalue weighted by molar-refractivity contribution is -0.134. The molecule has 19 heavy (non-hydrogen) atoms. The smallest absolute Gasteiger partial charge is 0.336 e. The van der Waals surface area contributed by atoms with Crippen molar-refractivity contribution >= 4 is 28.8 Å². The van der Waals surface area contributed by atoms with Crippen molar-refractivity contribution in [2.45, 2.75) is 0 Å². The predicted octanol–water partition coefficient (Wildman–Crippen LogP) is 2.72. The highest BCUT2D eigenvalue weighted by atomic mass is 16.5. The van der Waals surface area contributed by atoms with Gasteiger partial charge in [0.05, 0.1) is 12.7 Å². The molecule has 0 aliphatic rings. The maximum Gasteiger partial charge on any atom is 0.336 e. The number of carboxylic acids is 1. The first-order valence-corrected chi connectivity index (χ1v) is 5.64. The van der Waals surface area contributed by atoms with Gasteiger partial charge in [0.25, 0.3) is 0 Å². The highest BCUT2D eigenvalue weighted by Crippen LogP contribution is 2.21. The molecular weight excluding hydrogens is 244 g/mol. The van der Waals surface area contributed by atoms with Gasteiger partial charge in [-0.2, -0.15) is 0 Å². The summed E-state index contributed by atoms with van der Waals surface area (Å²) in [6, 6.07) is 10.8. The molecule has 0 fully saturated rings. The van der Waals surface area contributed by atoms with E-state index in [0.717, 1.165) is 10.8 Å². The zero-order valence-corrected chi connectivity index (χ0v) is 10.3. The fourth-order valence-electron chi connectivity index (χ4n) is 1.81. The van der Waals surface area contributed by atoms with Crippen molar-refractivity contribution in [2.75, 3.05) is 7.11 Å². The molecule has 0 atom stereocenters. The van der Waals surface area contributed by atoms with Crippen LogP contribution >= 0.6 is 0 Å². The van der Waals surface area contributed by atoms with Crippen molar-refractivity contribution in [1.29, 1.82) is 0 Å². The molecule has 2 rings (SSSR count). The lowest BCUT2D eigenvalue weighted by Crippen LogP contribution is -2.00. The number of aromatic carboxylic acids is 1. The van der Waals surface area contributed by atoms with Gasteiger partial charge in [0.15, 0.2) is 0 Å². The number of benzene rings is 2. The molecule has 0 heterocycles. The average Bonchev–Trinajstić information content (AvgIpc) is 2.43. The van der Waals surface area contributed by atoms with Crippen molar-refractivity contribution in [1.82, 2.24) is 0 Å². The van der Waals surface area contributed by atoms with Gasteiger partial charge in [-0.15, -0.1) is 0 Å². The summed E-state index contributed by atoms with van der Waals surface area (Å²) in [6.45, 7) is 0. The number of esters is 1. The molecule has 96 valence electrons. The number of methoxy groups -OCH3 is 1. The number of fused-ring (bicyclic) bond motifs is 1. The van der Waals surface area contributed by atoms with E-state index in [9.17, 15) is 14.7 Å². The van der Waals surface area contributed by atoms with Crippen molar-refractivity contribution in [3.63, 3.8) is 0 Å². The third-order valence-electron chi connectivity index (χ3n) is 2.75. The summed E-state index contributed by atoms with van der Waals surface area (Å²) >= 11 is 0. The Hall–Kier alpha value is -2.62. The standard InChI is InChI=1S/C15H12O4/c1-19-14(16)7-6-12-8-10-4-2-3-5-11(10)9-13(12)15(17)18/h2-9H,1H3,(H,17,18). The van der Waals surface area contributed by atoms with Crippen LogP contribution in [0.2, 0.25) is 0 Å². The number of carboxylic acid groups (broad SMARTS) is 1. The Labute approximate surface area is 109 Å². The fraction of sp³-hybridized carbons (Fsp3) is 0.0667. The van der Waals surface area contributed by atoms with E-state index in [1.165, 1.54) is 19.3 Å². The van der Waals surface area contributed by atoms with Gasteiger partial charge >= 0.3 is 11.9 Å². The lowest BCUT2D eigenvalue weighted by atomic mass is 10.0. The third-order valence-corrected chi connectivity index (χ3v) is 2.75. The topological polar surface area (TPSA) is 63.6 Å². The van der Waals surface area contributed by atoms with Gasteiger partial charge in [0.1, 0.15) is 0 Å². The van der Waals surface area contributed by atoms with E-state index in [1.54, 1.807) is 12.1 Å². The molecule has 0 aliphatic carbocycles. The molecule has 4 heteroatoms. The molecule has 2 aromatic carbocycles. The van der Waals surface area contributed by atoms with Gasteiger partial charge in [0, 0.05) is 6.08 Å². The summed E-state index contributed by atoms with van der Waals surface area (Å²) in [6.07, 6.45) is 2.65. The SMILES string of the molecule is COC(=O)C=Cc1cc2ccccc2cc1C(=O)O. The lowest BCUT2D eigenvalue weighted by Gasteiger charge is -2.04. The Morgan fingerprint density at radius 2 is 1.79 bits per heavy atom. The molecule has 0 spiro atoms. The Morgan fingerprint density at radius 3 is 2.37 bits per heavy atom. The number of ether oxygens (including phenoxy) is 1. The summed E-state index contributed by atoms with van der Waals surface area (Å²) in [5.41, 5.74) is 0.621. The van der Waals surface area contributed by atoms with Crippen molar-refractivity contribution in [2.24, 2.45) is 0 Å². The minimum atomic E-state index is -1.03. The van der Waals surface area contributed by atoms with Crippen molar-refractivity contribution in [3.8, 4) is 0 Å². The zero-order chi connectivity index (χ0) is 13.8. The molecular formula is C15H12O4. The van der Waals surface area contributed by atoms with Crippen molar-refractivity contribution < 1.29 is 19.4 Å². The van der Waals surface area contributed by atoms with Gasteiger partial charge in [0.2, 0.25) is 0 Å². The molecule has 0 aliphatic heterocycles. The zero-order valence-electron chi connectivity index (χ0n) is 10.3. The van der Waals surface area contributed by atoms with E-state index in [2.05, 4.69) is 4.74 Å². The molecule has 4 nitrogen and oxygen atoms in total. The minimum Gasteiger partial charge on any atom is -0.478 e. The molecule has 0 unspecified atom stereocenters. The number of hydrogen-bond acceptors (Lipinski definition) is 3. The van der Waals surface area contributed by atoms with Crippen LogP contribution in [0, 0.1) is 0 Å². The van der Waals surface area contributed by atoms with Crippen LogP contribution < -0.4 is 0 Å². The van der Waals surface area contributed by atoms with E-state index in [-0.39, 0.29) is 5.56 Å². The highest BCUT2D eigenvalue weighted by Gasteiger charge is 2.09. The number of carbonyl (C=O) groups excluding carboxylic acids is 1. The number of carbonyl (C=O) groups is 2. The van der Waals surface area contributed by atoms with Crippen LogP contribution in [0.3, 0.4) is 0 Å². The number of rotatable bonds is 3. The van der Waals surface area contributed by atoms with E-state index in [0.29, 0.717) is 5.56 Å². The predicted molar refractivity (Wildman–Crippen MR) is 72.0 cm³/mol. The third kappa shape index (κ3) is 2.80. The number of hydrogen-bond donors (Lipinski definition) is 1. The molecule has 2 aromatic rings. The second kappa shape index (κ2) is 5.35. The van der Waals surface area contributed by atoms with Crippen LogP contribution in [0.25, 0.3) is 16.8 Å². The van der Waals surface area contributed by atoms with E-state index < -0.39 is 11.9 Å². The molecule has 0 radical (unpaired) electrons. The minimum absolute atomic E-state index is 0.152. The Bertz CT molecular complexity index is 671. The van der Waals surface area contributed by atoms with Gasteiger partial charge < -0.3 is 9.84 Å². The Kier molecular flexibility index (Phi) is 3.61. The second-order valence-corrected chi connectivity index (χ2v) is 3.95. The fourth-order valence-corrected chi connectivity index (χ4v) is 1.81. The first kappa shape index (κ1) is 12.8. The molecule has 0 amide bonds. The average molecular weight is 256 g/mol. The first-order valence-electron chi connectivity index (χ1n) is 5.64. The normalized spacial score (nSPS) is 10.8.